The number of carbonyl (C=O) groups excluding carboxylic acids is 1. The van der Waals surface area contributed by atoms with E-state index >= 15 is 0 Å². The van der Waals surface area contributed by atoms with Crippen molar-refractivity contribution in [3.8, 4) is 0 Å². The second-order valence-electron chi connectivity index (χ2n) is 4.40. The summed E-state index contributed by atoms with van der Waals surface area (Å²) in [6.45, 7) is 1.53. The second-order valence-corrected chi connectivity index (χ2v) is 8.28. The number of rotatable bonds is 3. The van der Waals surface area contributed by atoms with Gasteiger partial charge in [-0.05, 0) is 18.6 Å². The SMILES string of the molecule is Cl.NCC(=O)N1CCCN(S(=O)(=O)c2ccc(Cl)s2)CC1. The minimum Gasteiger partial charge on any atom is -0.340 e. The van der Waals surface area contributed by atoms with Gasteiger partial charge in [-0.1, -0.05) is 11.6 Å². The average molecular weight is 374 g/mol. The van der Waals surface area contributed by atoms with Gasteiger partial charge in [-0.25, -0.2) is 8.42 Å². The summed E-state index contributed by atoms with van der Waals surface area (Å²) in [4.78, 5) is 13.2. The van der Waals surface area contributed by atoms with Gasteiger partial charge in [0.05, 0.1) is 10.9 Å². The highest BCUT2D eigenvalue weighted by atomic mass is 35.5. The van der Waals surface area contributed by atoms with Gasteiger partial charge in [0.15, 0.2) is 0 Å². The van der Waals surface area contributed by atoms with Crippen LogP contribution in [-0.2, 0) is 14.8 Å². The maximum atomic E-state index is 12.4. The number of hydrogen-bond acceptors (Lipinski definition) is 5. The molecular formula is C11H17Cl2N3O3S2. The molecule has 21 heavy (non-hydrogen) atoms. The molecule has 2 N–H and O–H groups in total. The molecule has 1 saturated heterocycles. The third-order valence-electron chi connectivity index (χ3n) is 3.12. The maximum absolute atomic E-state index is 12.4. The normalized spacial score (nSPS) is 17.1. The summed E-state index contributed by atoms with van der Waals surface area (Å²) in [6, 6.07) is 3.08. The fourth-order valence-electron chi connectivity index (χ4n) is 2.08. The van der Waals surface area contributed by atoms with E-state index < -0.39 is 10.0 Å². The molecule has 0 spiro atoms. The fraction of sp³-hybridized carbons (Fsp3) is 0.545. The molecule has 10 heteroatoms. The third-order valence-corrected chi connectivity index (χ3v) is 6.72. The van der Waals surface area contributed by atoms with E-state index in [0.717, 1.165) is 11.3 Å². The summed E-state index contributed by atoms with van der Waals surface area (Å²) >= 11 is 6.83. The van der Waals surface area contributed by atoms with Crippen molar-refractivity contribution >= 4 is 51.3 Å². The molecule has 0 bridgehead atoms. The van der Waals surface area contributed by atoms with Gasteiger partial charge in [0.2, 0.25) is 5.91 Å². The van der Waals surface area contributed by atoms with Crippen molar-refractivity contribution in [3.05, 3.63) is 16.5 Å². The number of nitrogens with zero attached hydrogens (tertiary/aromatic N) is 2. The molecule has 1 aromatic rings. The van der Waals surface area contributed by atoms with Gasteiger partial charge in [-0.15, -0.1) is 23.7 Å². The van der Waals surface area contributed by atoms with Gasteiger partial charge >= 0.3 is 0 Å². The van der Waals surface area contributed by atoms with Gasteiger partial charge in [-0.2, -0.15) is 4.31 Å². The van der Waals surface area contributed by atoms with Crippen molar-refractivity contribution in [1.82, 2.24) is 9.21 Å². The van der Waals surface area contributed by atoms with Crippen LogP contribution in [0.2, 0.25) is 4.34 Å². The minimum atomic E-state index is -3.52. The van der Waals surface area contributed by atoms with Crippen LogP contribution in [0.15, 0.2) is 16.3 Å². The summed E-state index contributed by atoms with van der Waals surface area (Å²) in [6.07, 6.45) is 0.601. The van der Waals surface area contributed by atoms with Crippen LogP contribution in [0.25, 0.3) is 0 Å². The van der Waals surface area contributed by atoms with Crippen molar-refractivity contribution in [2.45, 2.75) is 10.6 Å². The Hall–Kier alpha value is -0.380. The first-order chi connectivity index (χ1) is 9.45. The van der Waals surface area contributed by atoms with Crippen LogP contribution in [0, 0.1) is 0 Å². The van der Waals surface area contributed by atoms with Crippen molar-refractivity contribution in [1.29, 1.82) is 0 Å². The van der Waals surface area contributed by atoms with Gasteiger partial charge in [0.25, 0.3) is 10.0 Å². The summed E-state index contributed by atoms with van der Waals surface area (Å²) in [7, 11) is -3.52. The van der Waals surface area contributed by atoms with E-state index in [1.807, 2.05) is 0 Å². The Labute approximate surface area is 139 Å². The first-order valence-corrected chi connectivity index (χ1v) is 8.82. The lowest BCUT2D eigenvalue weighted by molar-refractivity contribution is -0.129. The lowest BCUT2D eigenvalue weighted by atomic mass is 10.4. The highest BCUT2D eigenvalue weighted by Gasteiger charge is 2.29. The summed E-state index contributed by atoms with van der Waals surface area (Å²) < 4.78 is 27.0. The van der Waals surface area contributed by atoms with Crippen molar-refractivity contribution in [2.75, 3.05) is 32.7 Å². The van der Waals surface area contributed by atoms with E-state index in [4.69, 9.17) is 17.3 Å². The van der Waals surface area contributed by atoms with Crippen LogP contribution in [0.4, 0.5) is 0 Å². The lowest BCUT2D eigenvalue weighted by Gasteiger charge is -2.20. The van der Waals surface area contributed by atoms with E-state index in [1.54, 1.807) is 11.0 Å². The fourth-order valence-corrected chi connectivity index (χ4v) is 5.18. The molecule has 1 aliphatic heterocycles. The van der Waals surface area contributed by atoms with Gasteiger partial charge in [-0.3, -0.25) is 4.79 Å². The molecule has 6 nitrogen and oxygen atoms in total. The van der Waals surface area contributed by atoms with Gasteiger partial charge < -0.3 is 10.6 Å². The zero-order valence-electron chi connectivity index (χ0n) is 11.2. The van der Waals surface area contributed by atoms with E-state index in [0.29, 0.717) is 30.4 Å². The molecule has 2 heterocycles. The predicted octanol–water partition coefficient (Wildman–Crippen LogP) is 1.01. The van der Waals surface area contributed by atoms with E-state index in [1.165, 1.54) is 10.4 Å². The van der Waals surface area contributed by atoms with Crippen LogP contribution in [0.5, 0.6) is 0 Å². The first-order valence-electron chi connectivity index (χ1n) is 6.18. The molecule has 0 aromatic carbocycles. The molecule has 1 aromatic heterocycles. The van der Waals surface area contributed by atoms with Crippen LogP contribution in [-0.4, -0.2) is 56.3 Å². The Bertz CT molecular complexity index is 591. The molecule has 120 valence electrons. The largest absolute Gasteiger partial charge is 0.340 e. The van der Waals surface area contributed by atoms with Gasteiger partial charge in [0.1, 0.15) is 4.21 Å². The summed E-state index contributed by atoms with van der Waals surface area (Å²) in [5.41, 5.74) is 5.33. The Morgan fingerprint density at radius 1 is 1.29 bits per heavy atom. The molecule has 1 aliphatic rings. The highest BCUT2D eigenvalue weighted by molar-refractivity contribution is 7.91. The molecule has 1 amide bonds. The number of sulfonamides is 1. The molecule has 0 unspecified atom stereocenters. The number of hydrogen-bond donors (Lipinski definition) is 1. The predicted molar refractivity (Wildman–Crippen MR) is 85.6 cm³/mol. The highest BCUT2D eigenvalue weighted by Crippen LogP contribution is 2.28. The van der Waals surface area contributed by atoms with Crippen molar-refractivity contribution in [3.63, 3.8) is 0 Å². The number of halogens is 2. The third kappa shape index (κ3) is 4.30. The molecule has 0 radical (unpaired) electrons. The Balaban J connectivity index is 0.00000220. The Morgan fingerprint density at radius 3 is 2.57 bits per heavy atom. The van der Waals surface area contributed by atoms with Crippen LogP contribution in [0.1, 0.15) is 6.42 Å². The van der Waals surface area contributed by atoms with E-state index in [-0.39, 0.29) is 35.6 Å². The van der Waals surface area contributed by atoms with Crippen LogP contribution >= 0.6 is 35.3 Å². The molecule has 0 atom stereocenters. The molecule has 1 fully saturated rings. The summed E-state index contributed by atoms with van der Waals surface area (Å²) in [5.74, 6) is -0.150. The minimum absolute atomic E-state index is 0. The van der Waals surface area contributed by atoms with Crippen LogP contribution < -0.4 is 5.73 Å². The Morgan fingerprint density at radius 2 is 2.00 bits per heavy atom. The van der Waals surface area contributed by atoms with E-state index in [2.05, 4.69) is 0 Å². The van der Waals surface area contributed by atoms with Gasteiger partial charge in [0, 0.05) is 26.2 Å². The smallest absolute Gasteiger partial charge is 0.252 e. The van der Waals surface area contributed by atoms with Crippen molar-refractivity contribution < 1.29 is 13.2 Å². The quantitative estimate of drug-likeness (QED) is 0.856. The zero-order valence-corrected chi connectivity index (χ0v) is 14.4. The average Bonchev–Trinajstić information content (AvgIpc) is 2.72. The number of amides is 1. The number of thiophene rings is 1. The number of carbonyl (C=O) groups is 1. The molecule has 0 saturated carbocycles. The second kappa shape index (κ2) is 7.75. The zero-order chi connectivity index (χ0) is 14.8. The Kier molecular flexibility index (Phi) is 6.89. The lowest BCUT2D eigenvalue weighted by Crippen LogP contribution is -2.39. The summed E-state index contributed by atoms with van der Waals surface area (Å²) in [5, 5.41) is 0. The maximum Gasteiger partial charge on any atom is 0.252 e. The standard InChI is InChI=1S/C11H16ClN3O3S2.ClH/c12-9-2-3-11(19-9)20(17,18)15-5-1-4-14(6-7-15)10(16)8-13;/h2-3H,1,4-8,13H2;1H. The van der Waals surface area contributed by atoms with Crippen molar-refractivity contribution in [2.24, 2.45) is 5.73 Å². The number of nitrogens with two attached hydrogens (primary N) is 1. The monoisotopic (exact) mass is 373 g/mol. The van der Waals surface area contributed by atoms with E-state index in [9.17, 15) is 13.2 Å². The topological polar surface area (TPSA) is 83.7 Å². The molecule has 2 rings (SSSR count). The molecular weight excluding hydrogens is 357 g/mol. The molecule has 0 aliphatic carbocycles. The van der Waals surface area contributed by atoms with Crippen LogP contribution in [0.3, 0.4) is 0 Å². The first kappa shape index (κ1) is 18.7.